The van der Waals surface area contributed by atoms with Crippen LogP contribution in [0.4, 0.5) is 0 Å². The minimum atomic E-state index is 0.0122. The standard InChI is InChI=1S/C16H19NO3S/c1-19-10-8-17(11-13-7-9-20-12-13)16(18)14-5-3-4-6-15(14)21-2/h3-7,9,12H,8,10-11H2,1-2H3. The quantitative estimate of drug-likeness (QED) is 0.736. The number of carbonyl (C=O) groups is 1. The molecule has 1 aromatic heterocycles. The molecule has 1 amide bonds. The smallest absolute Gasteiger partial charge is 0.255 e. The van der Waals surface area contributed by atoms with Gasteiger partial charge in [-0.15, -0.1) is 11.8 Å². The number of nitrogens with zero attached hydrogens (tertiary/aromatic N) is 1. The fourth-order valence-electron chi connectivity index (χ4n) is 2.05. The van der Waals surface area contributed by atoms with Crippen LogP contribution in [0, 0.1) is 0 Å². The minimum absolute atomic E-state index is 0.0122. The van der Waals surface area contributed by atoms with E-state index >= 15 is 0 Å². The van der Waals surface area contributed by atoms with Crippen LogP contribution in [0.1, 0.15) is 15.9 Å². The van der Waals surface area contributed by atoms with E-state index in [9.17, 15) is 4.79 Å². The Morgan fingerprint density at radius 2 is 2.14 bits per heavy atom. The number of hydrogen-bond donors (Lipinski definition) is 0. The normalized spacial score (nSPS) is 10.6. The largest absolute Gasteiger partial charge is 0.472 e. The van der Waals surface area contributed by atoms with E-state index in [0.717, 1.165) is 16.0 Å². The van der Waals surface area contributed by atoms with E-state index in [4.69, 9.17) is 9.15 Å². The Balaban J connectivity index is 2.20. The highest BCUT2D eigenvalue weighted by atomic mass is 32.2. The summed E-state index contributed by atoms with van der Waals surface area (Å²) in [5, 5.41) is 0. The van der Waals surface area contributed by atoms with Gasteiger partial charge in [0.2, 0.25) is 0 Å². The summed E-state index contributed by atoms with van der Waals surface area (Å²) >= 11 is 1.58. The van der Waals surface area contributed by atoms with Crippen molar-refractivity contribution < 1.29 is 13.9 Å². The zero-order valence-corrected chi connectivity index (χ0v) is 13.1. The topological polar surface area (TPSA) is 42.7 Å². The number of thioether (sulfide) groups is 1. The van der Waals surface area contributed by atoms with Crippen molar-refractivity contribution in [1.29, 1.82) is 0 Å². The molecule has 2 aromatic rings. The van der Waals surface area contributed by atoms with Gasteiger partial charge in [0.25, 0.3) is 5.91 Å². The third kappa shape index (κ3) is 4.12. The van der Waals surface area contributed by atoms with Crippen molar-refractivity contribution in [2.45, 2.75) is 11.4 Å². The van der Waals surface area contributed by atoms with Crippen LogP contribution in [0.3, 0.4) is 0 Å². The highest BCUT2D eigenvalue weighted by Crippen LogP contribution is 2.22. The molecule has 21 heavy (non-hydrogen) atoms. The molecule has 0 spiro atoms. The molecule has 0 atom stereocenters. The lowest BCUT2D eigenvalue weighted by molar-refractivity contribution is 0.0676. The van der Waals surface area contributed by atoms with Crippen LogP contribution in [0.5, 0.6) is 0 Å². The average Bonchev–Trinajstić information content (AvgIpc) is 3.03. The molecule has 1 heterocycles. The van der Waals surface area contributed by atoms with Crippen LogP contribution in [-0.2, 0) is 11.3 Å². The maximum atomic E-state index is 12.8. The van der Waals surface area contributed by atoms with Gasteiger partial charge in [-0.3, -0.25) is 4.79 Å². The van der Waals surface area contributed by atoms with Crippen LogP contribution in [0.2, 0.25) is 0 Å². The molecule has 5 heteroatoms. The maximum Gasteiger partial charge on any atom is 0.255 e. The van der Waals surface area contributed by atoms with Gasteiger partial charge in [0.05, 0.1) is 24.7 Å². The zero-order chi connectivity index (χ0) is 15.1. The number of rotatable bonds is 7. The zero-order valence-electron chi connectivity index (χ0n) is 12.2. The monoisotopic (exact) mass is 305 g/mol. The third-order valence-corrected chi connectivity index (χ3v) is 3.94. The first-order valence-electron chi connectivity index (χ1n) is 6.68. The van der Waals surface area contributed by atoms with Crippen LogP contribution < -0.4 is 0 Å². The summed E-state index contributed by atoms with van der Waals surface area (Å²) in [6.45, 7) is 1.57. The summed E-state index contributed by atoms with van der Waals surface area (Å²) in [7, 11) is 1.64. The SMILES string of the molecule is COCCN(Cc1ccoc1)C(=O)c1ccccc1SC. The van der Waals surface area contributed by atoms with E-state index in [1.165, 1.54) is 0 Å². The first-order chi connectivity index (χ1) is 10.3. The first-order valence-corrected chi connectivity index (χ1v) is 7.91. The molecule has 0 aliphatic rings. The van der Waals surface area contributed by atoms with E-state index in [2.05, 4.69) is 0 Å². The summed E-state index contributed by atoms with van der Waals surface area (Å²) in [4.78, 5) is 15.5. The van der Waals surface area contributed by atoms with Gasteiger partial charge >= 0.3 is 0 Å². The average molecular weight is 305 g/mol. The summed E-state index contributed by atoms with van der Waals surface area (Å²) in [5.74, 6) is 0.0122. The van der Waals surface area contributed by atoms with Gasteiger partial charge in [-0.25, -0.2) is 0 Å². The lowest BCUT2D eigenvalue weighted by Crippen LogP contribution is -2.33. The number of benzene rings is 1. The van der Waals surface area contributed by atoms with Crippen molar-refractivity contribution >= 4 is 17.7 Å². The van der Waals surface area contributed by atoms with Gasteiger partial charge in [0, 0.05) is 30.7 Å². The fourth-order valence-corrected chi connectivity index (χ4v) is 2.64. The molecule has 112 valence electrons. The van der Waals surface area contributed by atoms with Gasteiger partial charge in [0.1, 0.15) is 0 Å². The molecule has 0 saturated heterocycles. The molecule has 0 saturated carbocycles. The Kier molecular flexibility index (Phi) is 5.90. The second-order valence-electron chi connectivity index (χ2n) is 4.55. The number of furan rings is 1. The first kappa shape index (κ1) is 15.7. The number of ether oxygens (including phenoxy) is 1. The molecule has 4 nitrogen and oxygen atoms in total. The summed E-state index contributed by atoms with van der Waals surface area (Å²) in [6, 6.07) is 9.53. The molecule has 1 aromatic carbocycles. The van der Waals surface area contributed by atoms with Crippen molar-refractivity contribution in [1.82, 2.24) is 4.90 Å². The number of hydrogen-bond acceptors (Lipinski definition) is 4. The predicted molar refractivity (Wildman–Crippen MR) is 83.5 cm³/mol. The molecule has 0 N–H and O–H groups in total. The Morgan fingerprint density at radius 3 is 2.81 bits per heavy atom. The van der Waals surface area contributed by atoms with E-state index in [1.54, 1.807) is 36.3 Å². The van der Waals surface area contributed by atoms with E-state index in [-0.39, 0.29) is 5.91 Å². The Morgan fingerprint density at radius 1 is 1.33 bits per heavy atom. The van der Waals surface area contributed by atoms with E-state index in [0.29, 0.717) is 19.7 Å². The minimum Gasteiger partial charge on any atom is -0.472 e. The summed E-state index contributed by atoms with van der Waals surface area (Å²) in [5.41, 5.74) is 1.70. The molecule has 0 unspecified atom stereocenters. The van der Waals surface area contributed by atoms with Gasteiger partial charge in [-0.1, -0.05) is 12.1 Å². The van der Waals surface area contributed by atoms with Crippen molar-refractivity contribution in [2.75, 3.05) is 26.5 Å². The molecule has 0 radical (unpaired) electrons. The molecule has 2 rings (SSSR count). The van der Waals surface area contributed by atoms with E-state index in [1.807, 2.05) is 36.6 Å². The van der Waals surface area contributed by atoms with Crippen LogP contribution in [-0.4, -0.2) is 37.3 Å². The van der Waals surface area contributed by atoms with Gasteiger partial charge in [-0.05, 0) is 24.5 Å². The van der Waals surface area contributed by atoms with Crippen molar-refractivity contribution in [3.8, 4) is 0 Å². The van der Waals surface area contributed by atoms with Crippen LogP contribution in [0.25, 0.3) is 0 Å². The molecule has 0 bridgehead atoms. The Bertz CT molecular complexity index is 569. The molecule has 0 fully saturated rings. The molecule has 0 aliphatic heterocycles. The molecular weight excluding hydrogens is 286 g/mol. The van der Waals surface area contributed by atoms with Crippen molar-refractivity contribution in [2.24, 2.45) is 0 Å². The fraction of sp³-hybridized carbons (Fsp3) is 0.312. The van der Waals surface area contributed by atoms with Crippen LogP contribution >= 0.6 is 11.8 Å². The van der Waals surface area contributed by atoms with E-state index < -0.39 is 0 Å². The Hall–Kier alpha value is -1.72. The number of methoxy groups -OCH3 is 1. The number of carbonyl (C=O) groups excluding carboxylic acids is 1. The maximum absolute atomic E-state index is 12.8. The van der Waals surface area contributed by atoms with Gasteiger partial charge in [0.15, 0.2) is 0 Å². The van der Waals surface area contributed by atoms with Gasteiger partial charge in [-0.2, -0.15) is 0 Å². The summed E-state index contributed by atoms with van der Waals surface area (Å²) < 4.78 is 10.2. The molecule has 0 aliphatic carbocycles. The summed E-state index contributed by atoms with van der Waals surface area (Å²) in [6.07, 6.45) is 5.25. The lowest BCUT2D eigenvalue weighted by Gasteiger charge is -2.22. The van der Waals surface area contributed by atoms with Crippen molar-refractivity contribution in [3.63, 3.8) is 0 Å². The second-order valence-corrected chi connectivity index (χ2v) is 5.40. The highest BCUT2D eigenvalue weighted by molar-refractivity contribution is 7.98. The molecular formula is C16H19NO3S. The second kappa shape index (κ2) is 7.90. The van der Waals surface area contributed by atoms with Gasteiger partial charge < -0.3 is 14.1 Å². The third-order valence-electron chi connectivity index (χ3n) is 3.14. The Labute approximate surface area is 129 Å². The van der Waals surface area contributed by atoms with Crippen LogP contribution in [0.15, 0.2) is 52.2 Å². The predicted octanol–water partition coefficient (Wildman–Crippen LogP) is 3.29. The lowest BCUT2D eigenvalue weighted by atomic mass is 10.2. The number of amides is 1. The highest BCUT2D eigenvalue weighted by Gasteiger charge is 2.19. The van der Waals surface area contributed by atoms with Crippen molar-refractivity contribution in [3.05, 3.63) is 54.0 Å².